The van der Waals surface area contributed by atoms with Crippen LogP contribution in [0.3, 0.4) is 0 Å². The van der Waals surface area contributed by atoms with Gasteiger partial charge in [0.2, 0.25) is 11.8 Å². The third-order valence-corrected chi connectivity index (χ3v) is 2.84. The number of aryl methyl sites for hydroxylation is 1. The molecule has 1 aromatic carbocycles. The number of pyridine rings is 1. The van der Waals surface area contributed by atoms with Crippen LogP contribution in [-0.2, 0) is 0 Å². The molecule has 0 atom stereocenters. The number of nitrogen functional groups attached to an aromatic ring is 1. The number of nitrogens with two attached hydrogens (primary N) is 1. The average Bonchev–Trinajstić information content (AvgIpc) is 2.36. The molecule has 18 heavy (non-hydrogen) atoms. The van der Waals surface area contributed by atoms with Gasteiger partial charge in [0.1, 0.15) is 5.75 Å². The molecule has 0 spiro atoms. The summed E-state index contributed by atoms with van der Waals surface area (Å²) in [6.45, 7) is 1.90. The predicted molar refractivity (Wildman–Crippen MR) is 71.5 cm³/mol. The molecule has 0 fully saturated rings. The van der Waals surface area contributed by atoms with Crippen LogP contribution in [0.5, 0.6) is 17.5 Å². The lowest BCUT2D eigenvalue weighted by Crippen LogP contribution is -1.97. The van der Waals surface area contributed by atoms with Crippen LogP contribution in [0.1, 0.15) is 5.56 Å². The van der Waals surface area contributed by atoms with Crippen LogP contribution in [0.2, 0.25) is 5.02 Å². The SMILES string of the molecule is COc1ccc(N)c(Oc2ccc(Cl)c(C)c2)n1. The van der Waals surface area contributed by atoms with E-state index in [1.54, 1.807) is 24.3 Å². The third kappa shape index (κ3) is 2.65. The van der Waals surface area contributed by atoms with Crippen LogP contribution in [0.4, 0.5) is 5.69 Å². The summed E-state index contributed by atoms with van der Waals surface area (Å²) >= 11 is 5.95. The number of nitrogens with zero attached hydrogens (tertiary/aromatic N) is 1. The van der Waals surface area contributed by atoms with Crippen molar-refractivity contribution in [3.8, 4) is 17.5 Å². The Labute approximate surface area is 110 Å². The Morgan fingerprint density at radius 1 is 1.22 bits per heavy atom. The molecule has 94 valence electrons. The summed E-state index contributed by atoms with van der Waals surface area (Å²) in [5.74, 6) is 1.39. The quantitative estimate of drug-likeness (QED) is 0.923. The zero-order chi connectivity index (χ0) is 13.1. The van der Waals surface area contributed by atoms with Gasteiger partial charge in [-0.2, -0.15) is 4.98 Å². The standard InChI is InChI=1S/C13H13ClN2O2/c1-8-7-9(3-4-10(8)14)18-13-11(15)5-6-12(16-13)17-2/h3-7H,15H2,1-2H3. The molecule has 2 rings (SSSR count). The molecule has 0 amide bonds. The Hall–Kier alpha value is -1.94. The molecule has 1 aromatic heterocycles. The van der Waals surface area contributed by atoms with Crippen molar-refractivity contribution in [1.82, 2.24) is 4.98 Å². The highest BCUT2D eigenvalue weighted by Gasteiger charge is 2.07. The summed E-state index contributed by atoms with van der Waals surface area (Å²) in [7, 11) is 1.54. The largest absolute Gasteiger partial charge is 0.481 e. The smallest absolute Gasteiger partial charge is 0.246 e. The second-order valence-corrected chi connectivity index (χ2v) is 4.17. The van der Waals surface area contributed by atoms with Gasteiger partial charge in [0.25, 0.3) is 0 Å². The number of aromatic nitrogens is 1. The van der Waals surface area contributed by atoms with Crippen molar-refractivity contribution in [1.29, 1.82) is 0 Å². The van der Waals surface area contributed by atoms with Crippen molar-refractivity contribution in [2.45, 2.75) is 6.92 Å². The summed E-state index contributed by atoms with van der Waals surface area (Å²) in [5.41, 5.74) is 7.16. The van der Waals surface area contributed by atoms with Crippen LogP contribution in [0.15, 0.2) is 30.3 Å². The first kappa shape index (κ1) is 12.5. The van der Waals surface area contributed by atoms with Gasteiger partial charge in [-0.3, -0.25) is 0 Å². The van der Waals surface area contributed by atoms with Crippen molar-refractivity contribution >= 4 is 17.3 Å². The Kier molecular flexibility index (Phi) is 3.58. The molecule has 0 aliphatic rings. The number of hydrogen-bond acceptors (Lipinski definition) is 4. The van der Waals surface area contributed by atoms with Crippen LogP contribution >= 0.6 is 11.6 Å². The van der Waals surface area contributed by atoms with Gasteiger partial charge in [0.15, 0.2) is 0 Å². The van der Waals surface area contributed by atoms with Crippen molar-refractivity contribution < 1.29 is 9.47 Å². The maximum atomic E-state index is 5.95. The maximum Gasteiger partial charge on any atom is 0.246 e. The number of rotatable bonds is 3. The van der Waals surface area contributed by atoms with Crippen LogP contribution < -0.4 is 15.2 Å². The van der Waals surface area contributed by atoms with E-state index >= 15 is 0 Å². The molecule has 0 aliphatic carbocycles. The third-order valence-electron chi connectivity index (χ3n) is 2.42. The molecule has 1 heterocycles. The molecular formula is C13H13ClN2O2. The van der Waals surface area contributed by atoms with Crippen molar-refractivity contribution in [2.75, 3.05) is 12.8 Å². The molecule has 5 heteroatoms. The minimum Gasteiger partial charge on any atom is -0.481 e. The number of methoxy groups -OCH3 is 1. The fraction of sp³-hybridized carbons (Fsp3) is 0.154. The van der Waals surface area contributed by atoms with E-state index in [9.17, 15) is 0 Å². The minimum atomic E-state index is 0.316. The second kappa shape index (κ2) is 5.14. The van der Waals surface area contributed by atoms with Gasteiger partial charge in [0.05, 0.1) is 12.8 Å². The van der Waals surface area contributed by atoms with E-state index in [-0.39, 0.29) is 0 Å². The first-order valence-corrected chi connectivity index (χ1v) is 5.72. The summed E-state index contributed by atoms with van der Waals surface area (Å²) < 4.78 is 10.6. The van der Waals surface area contributed by atoms with Crippen LogP contribution in [-0.4, -0.2) is 12.1 Å². The first-order valence-electron chi connectivity index (χ1n) is 5.34. The fourth-order valence-corrected chi connectivity index (χ4v) is 1.54. The molecule has 4 nitrogen and oxygen atoms in total. The van der Waals surface area contributed by atoms with E-state index in [1.165, 1.54) is 7.11 Å². The molecule has 0 saturated carbocycles. The zero-order valence-electron chi connectivity index (χ0n) is 10.1. The summed E-state index contributed by atoms with van der Waals surface area (Å²) in [5, 5.41) is 0.689. The molecule has 2 aromatic rings. The highest BCUT2D eigenvalue weighted by molar-refractivity contribution is 6.31. The van der Waals surface area contributed by atoms with Gasteiger partial charge in [0, 0.05) is 11.1 Å². The fourth-order valence-electron chi connectivity index (χ4n) is 1.42. The van der Waals surface area contributed by atoms with Gasteiger partial charge < -0.3 is 15.2 Å². The second-order valence-electron chi connectivity index (χ2n) is 3.76. The van der Waals surface area contributed by atoms with E-state index in [1.807, 2.05) is 13.0 Å². The highest BCUT2D eigenvalue weighted by Crippen LogP contribution is 2.29. The van der Waals surface area contributed by atoms with Crippen LogP contribution in [0.25, 0.3) is 0 Å². The Morgan fingerprint density at radius 3 is 2.67 bits per heavy atom. The summed E-state index contributed by atoms with van der Waals surface area (Å²) in [6, 6.07) is 8.71. The minimum absolute atomic E-state index is 0.316. The molecule has 0 unspecified atom stereocenters. The molecule has 0 bridgehead atoms. The molecular weight excluding hydrogens is 252 g/mol. The van der Waals surface area contributed by atoms with Crippen molar-refractivity contribution in [3.05, 3.63) is 40.9 Å². The van der Waals surface area contributed by atoms with Gasteiger partial charge in [-0.25, -0.2) is 0 Å². The molecule has 0 aliphatic heterocycles. The van der Waals surface area contributed by atoms with E-state index in [4.69, 9.17) is 26.8 Å². The van der Waals surface area contributed by atoms with Crippen molar-refractivity contribution in [3.63, 3.8) is 0 Å². The number of halogens is 1. The van der Waals surface area contributed by atoms with Gasteiger partial charge >= 0.3 is 0 Å². The van der Waals surface area contributed by atoms with E-state index in [0.29, 0.717) is 28.2 Å². The lowest BCUT2D eigenvalue weighted by molar-refractivity contribution is 0.384. The van der Waals surface area contributed by atoms with Gasteiger partial charge in [-0.05, 0) is 36.8 Å². The van der Waals surface area contributed by atoms with E-state index in [2.05, 4.69) is 4.98 Å². The Balaban J connectivity index is 2.30. The number of anilines is 1. The Morgan fingerprint density at radius 2 is 2.00 bits per heavy atom. The van der Waals surface area contributed by atoms with Gasteiger partial charge in [-0.1, -0.05) is 11.6 Å². The number of ether oxygens (including phenoxy) is 2. The Bertz CT molecular complexity index is 573. The predicted octanol–water partition coefficient (Wildman–Crippen LogP) is 3.43. The maximum absolute atomic E-state index is 5.95. The van der Waals surface area contributed by atoms with Crippen molar-refractivity contribution in [2.24, 2.45) is 0 Å². The summed E-state index contributed by atoms with van der Waals surface area (Å²) in [6.07, 6.45) is 0. The number of benzene rings is 1. The van der Waals surface area contributed by atoms with E-state index < -0.39 is 0 Å². The monoisotopic (exact) mass is 264 g/mol. The zero-order valence-corrected chi connectivity index (χ0v) is 10.9. The normalized spacial score (nSPS) is 10.2. The molecule has 0 saturated heterocycles. The van der Waals surface area contributed by atoms with E-state index in [0.717, 1.165) is 5.56 Å². The van der Waals surface area contributed by atoms with Gasteiger partial charge in [-0.15, -0.1) is 0 Å². The number of hydrogen-bond donors (Lipinski definition) is 1. The highest BCUT2D eigenvalue weighted by atomic mass is 35.5. The molecule has 0 radical (unpaired) electrons. The van der Waals surface area contributed by atoms with Crippen LogP contribution in [0, 0.1) is 6.92 Å². The first-order chi connectivity index (χ1) is 8.60. The lowest BCUT2D eigenvalue weighted by atomic mass is 10.2. The average molecular weight is 265 g/mol. The molecule has 2 N–H and O–H groups in total. The summed E-state index contributed by atoms with van der Waals surface area (Å²) in [4.78, 5) is 4.14. The lowest BCUT2D eigenvalue weighted by Gasteiger charge is -2.09. The topological polar surface area (TPSA) is 57.4 Å².